The summed E-state index contributed by atoms with van der Waals surface area (Å²) in [4.78, 5) is 26.5. The predicted molar refractivity (Wildman–Crippen MR) is 117 cm³/mol. The van der Waals surface area contributed by atoms with Gasteiger partial charge >= 0.3 is 6.09 Å². The fraction of sp³-hybridized carbons (Fsp3) is 0.417. The van der Waals surface area contributed by atoms with Crippen molar-refractivity contribution in [1.29, 1.82) is 0 Å². The second-order valence-corrected chi connectivity index (χ2v) is 8.52. The molecule has 0 spiro atoms. The topological polar surface area (TPSA) is 84.7 Å². The van der Waals surface area contributed by atoms with Crippen LogP contribution in [0.1, 0.15) is 48.2 Å². The Hall–Kier alpha value is -2.86. The number of nitrogens with zero attached hydrogens (tertiary/aromatic N) is 1. The molecule has 1 fully saturated rings. The maximum atomic E-state index is 13.0. The van der Waals surface area contributed by atoms with Crippen LogP contribution in [0.5, 0.6) is 0 Å². The zero-order valence-electron chi connectivity index (χ0n) is 17.8. The number of hydrogen-bond acceptors (Lipinski definition) is 4. The van der Waals surface area contributed by atoms with E-state index in [0.29, 0.717) is 12.0 Å². The Morgan fingerprint density at radius 3 is 2.37 bits per heavy atom. The molecule has 0 radical (unpaired) electrons. The highest BCUT2D eigenvalue weighted by Crippen LogP contribution is 2.21. The summed E-state index contributed by atoms with van der Waals surface area (Å²) < 4.78 is 5.19. The minimum absolute atomic E-state index is 0.0815. The highest BCUT2D eigenvalue weighted by atomic mass is 16.6. The molecular formula is C24H31N3O3. The maximum absolute atomic E-state index is 13.0. The predicted octanol–water partition coefficient (Wildman–Crippen LogP) is 3.50. The molecule has 6 nitrogen and oxygen atoms in total. The van der Waals surface area contributed by atoms with Crippen molar-refractivity contribution in [3.05, 3.63) is 71.3 Å². The molecule has 1 heterocycles. The van der Waals surface area contributed by atoms with Crippen molar-refractivity contribution in [1.82, 2.24) is 10.2 Å². The molecular weight excluding hydrogens is 378 g/mol. The summed E-state index contributed by atoms with van der Waals surface area (Å²) in [5, 5.41) is 3.19. The molecule has 0 saturated carbocycles. The van der Waals surface area contributed by atoms with Crippen LogP contribution < -0.4 is 11.1 Å². The lowest BCUT2D eigenvalue weighted by atomic mass is 9.94. The summed E-state index contributed by atoms with van der Waals surface area (Å²) in [7, 11) is 0. The van der Waals surface area contributed by atoms with Gasteiger partial charge in [0.1, 0.15) is 5.60 Å². The Morgan fingerprint density at radius 2 is 1.70 bits per heavy atom. The van der Waals surface area contributed by atoms with E-state index >= 15 is 0 Å². The monoisotopic (exact) mass is 409 g/mol. The van der Waals surface area contributed by atoms with Gasteiger partial charge in [-0.15, -0.1) is 0 Å². The number of nitrogens with one attached hydrogen (secondary N) is 1. The van der Waals surface area contributed by atoms with Gasteiger partial charge in [-0.2, -0.15) is 0 Å². The lowest BCUT2D eigenvalue weighted by Crippen LogP contribution is -2.44. The van der Waals surface area contributed by atoms with Gasteiger partial charge in [0.15, 0.2) is 0 Å². The molecule has 6 heteroatoms. The van der Waals surface area contributed by atoms with Gasteiger partial charge in [0.25, 0.3) is 5.91 Å². The Kier molecular flexibility index (Phi) is 7.11. The number of benzene rings is 2. The molecule has 30 heavy (non-hydrogen) atoms. The summed E-state index contributed by atoms with van der Waals surface area (Å²) in [5.41, 5.74) is 7.15. The summed E-state index contributed by atoms with van der Waals surface area (Å²) in [6, 6.07) is 18.1. The zero-order chi connectivity index (χ0) is 21.6. The molecule has 0 unspecified atom stereocenters. The minimum atomic E-state index is -0.816. The van der Waals surface area contributed by atoms with Crippen LogP contribution in [0.15, 0.2) is 54.6 Å². The van der Waals surface area contributed by atoms with Gasteiger partial charge in [0.2, 0.25) is 0 Å². The van der Waals surface area contributed by atoms with E-state index in [0.717, 1.165) is 38.0 Å². The van der Waals surface area contributed by atoms with Crippen molar-refractivity contribution in [3.63, 3.8) is 0 Å². The van der Waals surface area contributed by atoms with Crippen LogP contribution in [0.3, 0.4) is 0 Å². The van der Waals surface area contributed by atoms with E-state index in [1.165, 1.54) is 5.56 Å². The number of carbonyl (C=O) groups is 2. The van der Waals surface area contributed by atoms with Crippen LogP contribution in [0.4, 0.5) is 4.79 Å². The van der Waals surface area contributed by atoms with E-state index in [1.807, 2.05) is 30.3 Å². The summed E-state index contributed by atoms with van der Waals surface area (Å²) in [5.74, 6) is -0.0815. The third-order valence-electron chi connectivity index (χ3n) is 5.43. The average Bonchev–Trinajstić information content (AvgIpc) is 2.69. The Labute approximate surface area is 178 Å². The Morgan fingerprint density at radius 1 is 1.07 bits per heavy atom. The highest BCUT2D eigenvalue weighted by molar-refractivity contribution is 5.95. The van der Waals surface area contributed by atoms with Gasteiger partial charge in [0.05, 0.1) is 0 Å². The van der Waals surface area contributed by atoms with Crippen LogP contribution in [-0.4, -0.2) is 41.6 Å². The van der Waals surface area contributed by atoms with Crippen molar-refractivity contribution in [3.8, 4) is 0 Å². The zero-order valence-corrected chi connectivity index (χ0v) is 17.8. The fourth-order valence-corrected chi connectivity index (χ4v) is 4.00. The quantitative estimate of drug-likeness (QED) is 0.733. The van der Waals surface area contributed by atoms with Crippen LogP contribution in [0.25, 0.3) is 0 Å². The number of rotatable bonds is 7. The number of primary amides is 1. The summed E-state index contributed by atoms with van der Waals surface area (Å²) in [6.07, 6.45) is 1.45. The number of hydrogen-bond donors (Lipinski definition) is 2. The number of likely N-dealkylation sites (tertiary alicyclic amines) is 1. The van der Waals surface area contributed by atoms with Crippen LogP contribution in [0, 0.1) is 0 Å². The van der Waals surface area contributed by atoms with Gasteiger partial charge in [-0.25, -0.2) is 4.79 Å². The molecule has 3 N–H and O–H groups in total. The van der Waals surface area contributed by atoms with E-state index < -0.39 is 11.7 Å². The molecule has 2 aromatic carbocycles. The third kappa shape index (κ3) is 6.32. The molecule has 2 amide bonds. The van der Waals surface area contributed by atoms with Gasteiger partial charge in [-0.1, -0.05) is 48.5 Å². The molecule has 1 aliphatic rings. The van der Waals surface area contributed by atoms with E-state index in [-0.39, 0.29) is 11.9 Å². The van der Waals surface area contributed by atoms with Crippen LogP contribution >= 0.6 is 0 Å². The van der Waals surface area contributed by atoms with Crippen molar-refractivity contribution < 1.29 is 14.3 Å². The van der Waals surface area contributed by atoms with Crippen LogP contribution in [-0.2, 0) is 17.7 Å². The number of nitrogens with two attached hydrogens (primary N) is 1. The molecule has 0 atom stereocenters. The first kappa shape index (κ1) is 21.8. The number of carbonyl (C=O) groups excluding carboxylic acids is 2. The molecule has 1 aliphatic heterocycles. The summed E-state index contributed by atoms with van der Waals surface area (Å²) >= 11 is 0. The first-order valence-corrected chi connectivity index (χ1v) is 10.5. The van der Waals surface area contributed by atoms with Crippen molar-refractivity contribution in [2.24, 2.45) is 5.73 Å². The van der Waals surface area contributed by atoms with E-state index in [1.54, 1.807) is 13.8 Å². The lowest BCUT2D eigenvalue weighted by molar-refractivity contribution is 0.0459. The minimum Gasteiger partial charge on any atom is -0.443 e. The lowest BCUT2D eigenvalue weighted by Gasteiger charge is -2.32. The standard InChI is InChI=1S/C24H31N3O3/c1-24(2,30-23(25)29)16-19-10-6-7-11-21(19)22(28)26-20-12-14-27(15-13-20)17-18-8-4-3-5-9-18/h3-11,20H,12-17H2,1-2H3,(H2,25,29)(H,26,28). The van der Waals surface area contributed by atoms with Crippen LogP contribution in [0.2, 0.25) is 0 Å². The van der Waals surface area contributed by atoms with Gasteiger partial charge < -0.3 is 15.8 Å². The third-order valence-corrected chi connectivity index (χ3v) is 5.43. The second kappa shape index (κ2) is 9.76. The first-order valence-electron chi connectivity index (χ1n) is 10.5. The molecule has 0 aliphatic carbocycles. The van der Waals surface area contributed by atoms with E-state index in [4.69, 9.17) is 10.5 Å². The fourth-order valence-electron chi connectivity index (χ4n) is 4.00. The molecule has 2 aromatic rings. The smallest absolute Gasteiger partial charge is 0.405 e. The number of amides is 2. The van der Waals surface area contributed by atoms with Crippen molar-refractivity contribution >= 4 is 12.0 Å². The molecule has 160 valence electrons. The van der Waals surface area contributed by atoms with Gasteiger partial charge in [-0.3, -0.25) is 9.69 Å². The summed E-state index contributed by atoms with van der Waals surface area (Å²) in [6.45, 7) is 6.44. The second-order valence-electron chi connectivity index (χ2n) is 8.52. The van der Waals surface area contributed by atoms with Crippen molar-refractivity contribution in [2.45, 2.75) is 51.3 Å². The normalized spacial score (nSPS) is 15.5. The molecule has 3 rings (SSSR count). The Bertz CT molecular complexity index is 859. The number of piperidine rings is 1. The van der Waals surface area contributed by atoms with E-state index in [2.05, 4.69) is 34.5 Å². The van der Waals surface area contributed by atoms with Gasteiger partial charge in [-0.05, 0) is 43.9 Å². The van der Waals surface area contributed by atoms with Crippen molar-refractivity contribution in [2.75, 3.05) is 13.1 Å². The number of ether oxygens (including phenoxy) is 1. The Balaban J connectivity index is 1.56. The molecule has 1 saturated heterocycles. The average molecular weight is 410 g/mol. The SMILES string of the molecule is CC(C)(Cc1ccccc1C(=O)NC1CCN(Cc2ccccc2)CC1)OC(N)=O. The van der Waals surface area contributed by atoms with Gasteiger partial charge in [0, 0.05) is 37.7 Å². The maximum Gasteiger partial charge on any atom is 0.405 e. The molecule has 0 bridgehead atoms. The largest absolute Gasteiger partial charge is 0.443 e. The molecule has 0 aromatic heterocycles. The highest BCUT2D eigenvalue weighted by Gasteiger charge is 2.26. The first-order chi connectivity index (χ1) is 14.3. The van der Waals surface area contributed by atoms with E-state index in [9.17, 15) is 9.59 Å².